The van der Waals surface area contributed by atoms with Gasteiger partial charge < -0.3 is 10.2 Å². The smallest absolute Gasteiger partial charge is 0.243 e. The van der Waals surface area contributed by atoms with Crippen molar-refractivity contribution in [2.45, 2.75) is 33.4 Å². The lowest BCUT2D eigenvalue weighted by atomic mass is 9.83. The van der Waals surface area contributed by atoms with Gasteiger partial charge in [0.15, 0.2) is 0 Å². The number of amides is 2. The first-order valence-corrected chi connectivity index (χ1v) is 6.99. The highest BCUT2D eigenvalue weighted by atomic mass is 35.5. The number of carbonyl (C=O) groups excluding carboxylic acids is 2. The number of hydrogen-bond donors (Lipinski definition) is 1. The Morgan fingerprint density at radius 1 is 1.30 bits per heavy atom. The van der Waals surface area contributed by atoms with Gasteiger partial charge in [0, 0.05) is 11.6 Å². The number of piperazine rings is 1. The molecule has 0 saturated carbocycles. The van der Waals surface area contributed by atoms with Crippen LogP contribution >= 0.6 is 11.6 Å². The molecular weight excluding hydrogens is 276 g/mol. The lowest BCUT2D eigenvalue weighted by Crippen LogP contribution is -2.62. The Hall–Kier alpha value is -1.55. The SMILES string of the molecule is CC(C)(C)C1C(=O)NCC(=O)N1Cc1ccccc1Cl. The number of nitrogens with one attached hydrogen (secondary N) is 1. The maximum absolute atomic E-state index is 12.2. The van der Waals surface area contributed by atoms with Gasteiger partial charge in [-0.25, -0.2) is 0 Å². The van der Waals surface area contributed by atoms with Gasteiger partial charge >= 0.3 is 0 Å². The largest absolute Gasteiger partial charge is 0.345 e. The first kappa shape index (κ1) is 14.9. The maximum Gasteiger partial charge on any atom is 0.243 e. The zero-order chi connectivity index (χ0) is 14.9. The molecule has 1 unspecified atom stereocenters. The summed E-state index contributed by atoms with van der Waals surface area (Å²) in [5, 5.41) is 3.27. The van der Waals surface area contributed by atoms with Gasteiger partial charge in [0.1, 0.15) is 6.04 Å². The van der Waals surface area contributed by atoms with Crippen LogP contribution in [-0.4, -0.2) is 29.3 Å². The third-order valence-electron chi connectivity index (χ3n) is 3.41. The fraction of sp³-hybridized carbons (Fsp3) is 0.467. The summed E-state index contributed by atoms with van der Waals surface area (Å²) < 4.78 is 0. The van der Waals surface area contributed by atoms with Gasteiger partial charge in [0.25, 0.3) is 0 Å². The molecule has 0 bridgehead atoms. The van der Waals surface area contributed by atoms with Crippen LogP contribution in [0.25, 0.3) is 0 Å². The predicted molar refractivity (Wildman–Crippen MR) is 78.3 cm³/mol. The van der Waals surface area contributed by atoms with E-state index in [-0.39, 0.29) is 23.8 Å². The normalized spacial score (nSPS) is 20.0. The van der Waals surface area contributed by atoms with Crippen LogP contribution in [0.2, 0.25) is 5.02 Å². The van der Waals surface area contributed by atoms with Crippen LogP contribution in [0, 0.1) is 5.41 Å². The van der Waals surface area contributed by atoms with Gasteiger partial charge in [-0.15, -0.1) is 0 Å². The Bertz CT molecular complexity index is 537. The molecule has 1 aromatic rings. The van der Waals surface area contributed by atoms with E-state index in [1.54, 1.807) is 11.0 Å². The lowest BCUT2D eigenvalue weighted by molar-refractivity contribution is -0.150. The van der Waals surface area contributed by atoms with Gasteiger partial charge in [-0.3, -0.25) is 9.59 Å². The standard InChI is InChI=1S/C15H19ClN2O2/c1-15(2,3)13-14(20)17-8-12(19)18(13)9-10-6-4-5-7-11(10)16/h4-7,13H,8-9H2,1-3H3,(H,17,20). The Morgan fingerprint density at radius 3 is 2.55 bits per heavy atom. The van der Waals surface area contributed by atoms with E-state index in [4.69, 9.17) is 11.6 Å². The molecule has 5 heteroatoms. The van der Waals surface area contributed by atoms with Gasteiger partial charge in [-0.1, -0.05) is 50.6 Å². The summed E-state index contributed by atoms with van der Waals surface area (Å²) in [6, 6.07) is 6.90. The van der Waals surface area contributed by atoms with Crippen molar-refractivity contribution < 1.29 is 9.59 Å². The van der Waals surface area contributed by atoms with Crippen LogP contribution in [0.15, 0.2) is 24.3 Å². The molecule has 1 saturated heterocycles. The van der Waals surface area contributed by atoms with Crippen LogP contribution < -0.4 is 5.32 Å². The average molecular weight is 295 g/mol. The first-order valence-electron chi connectivity index (χ1n) is 6.61. The van der Waals surface area contributed by atoms with Crippen molar-refractivity contribution in [2.24, 2.45) is 5.41 Å². The number of halogens is 1. The van der Waals surface area contributed by atoms with E-state index in [9.17, 15) is 9.59 Å². The molecule has 1 heterocycles. The van der Waals surface area contributed by atoms with Crippen molar-refractivity contribution in [3.63, 3.8) is 0 Å². The molecule has 2 amide bonds. The number of nitrogens with zero attached hydrogens (tertiary/aromatic N) is 1. The molecule has 1 atom stereocenters. The average Bonchev–Trinajstić information content (AvgIpc) is 2.35. The fourth-order valence-electron chi connectivity index (χ4n) is 2.50. The summed E-state index contributed by atoms with van der Waals surface area (Å²) in [6.07, 6.45) is 0. The molecule has 0 radical (unpaired) electrons. The number of hydrogen-bond acceptors (Lipinski definition) is 2. The molecule has 1 aliphatic heterocycles. The highest BCUT2D eigenvalue weighted by molar-refractivity contribution is 6.31. The molecule has 20 heavy (non-hydrogen) atoms. The topological polar surface area (TPSA) is 49.4 Å². The van der Waals surface area contributed by atoms with Crippen LogP contribution in [0.3, 0.4) is 0 Å². The van der Waals surface area contributed by atoms with Gasteiger partial charge in [-0.2, -0.15) is 0 Å². The molecule has 108 valence electrons. The molecule has 4 nitrogen and oxygen atoms in total. The summed E-state index contributed by atoms with van der Waals surface area (Å²) >= 11 is 6.15. The predicted octanol–water partition coefficient (Wildman–Crippen LogP) is 2.21. The van der Waals surface area contributed by atoms with Crippen molar-refractivity contribution in [2.75, 3.05) is 6.54 Å². The molecule has 1 aliphatic rings. The summed E-state index contributed by atoms with van der Waals surface area (Å²) in [7, 11) is 0. The maximum atomic E-state index is 12.2. The zero-order valence-electron chi connectivity index (χ0n) is 11.9. The zero-order valence-corrected chi connectivity index (χ0v) is 12.7. The molecule has 2 rings (SSSR count). The van der Waals surface area contributed by atoms with E-state index >= 15 is 0 Å². The van der Waals surface area contributed by atoms with Gasteiger partial charge in [-0.05, 0) is 17.0 Å². The van der Waals surface area contributed by atoms with Gasteiger partial charge in [0.2, 0.25) is 11.8 Å². The first-order chi connectivity index (χ1) is 9.30. The molecule has 1 fully saturated rings. The van der Waals surface area contributed by atoms with Crippen molar-refractivity contribution >= 4 is 23.4 Å². The highest BCUT2D eigenvalue weighted by Gasteiger charge is 2.42. The van der Waals surface area contributed by atoms with E-state index in [1.807, 2.05) is 39.0 Å². The summed E-state index contributed by atoms with van der Waals surface area (Å²) in [5.74, 6) is -0.186. The summed E-state index contributed by atoms with van der Waals surface area (Å²) in [4.78, 5) is 25.9. The fourth-order valence-corrected chi connectivity index (χ4v) is 2.69. The van der Waals surface area contributed by atoms with Crippen LogP contribution in [0.4, 0.5) is 0 Å². The lowest BCUT2D eigenvalue weighted by Gasteiger charge is -2.42. The van der Waals surface area contributed by atoms with E-state index in [0.717, 1.165) is 5.56 Å². The van der Waals surface area contributed by atoms with Gasteiger partial charge in [0.05, 0.1) is 6.54 Å². The molecule has 0 aliphatic carbocycles. The summed E-state index contributed by atoms with van der Waals surface area (Å²) in [6.45, 7) is 6.27. The quantitative estimate of drug-likeness (QED) is 0.909. The van der Waals surface area contributed by atoms with Crippen LogP contribution in [-0.2, 0) is 16.1 Å². The molecule has 0 spiro atoms. The Balaban J connectivity index is 2.32. The second kappa shape index (κ2) is 5.44. The number of rotatable bonds is 2. The minimum absolute atomic E-state index is 0.0515. The minimum atomic E-state index is -0.486. The Morgan fingerprint density at radius 2 is 1.95 bits per heavy atom. The van der Waals surface area contributed by atoms with E-state index in [0.29, 0.717) is 11.6 Å². The number of benzene rings is 1. The third kappa shape index (κ3) is 2.96. The Labute approximate surface area is 124 Å². The second-order valence-electron chi connectivity index (χ2n) is 6.10. The highest BCUT2D eigenvalue weighted by Crippen LogP contribution is 2.29. The van der Waals surface area contributed by atoms with Crippen LogP contribution in [0.1, 0.15) is 26.3 Å². The monoisotopic (exact) mass is 294 g/mol. The van der Waals surface area contributed by atoms with Crippen molar-refractivity contribution in [1.29, 1.82) is 0 Å². The van der Waals surface area contributed by atoms with Crippen molar-refractivity contribution in [3.8, 4) is 0 Å². The minimum Gasteiger partial charge on any atom is -0.345 e. The molecular formula is C15H19ClN2O2. The van der Waals surface area contributed by atoms with E-state index in [1.165, 1.54) is 0 Å². The van der Waals surface area contributed by atoms with Crippen molar-refractivity contribution in [3.05, 3.63) is 34.9 Å². The van der Waals surface area contributed by atoms with Crippen molar-refractivity contribution in [1.82, 2.24) is 10.2 Å². The molecule has 1 N–H and O–H groups in total. The second-order valence-corrected chi connectivity index (χ2v) is 6.51. The molecule has 0 aromatic heterocycles. The van der Waals surface area contributed by atoms with Crippen LogP contribution in [0.5, 0.6) is 0 Å². The van der Waals surface area contributed by atoms with E-state index < -0.39 is 6.04 Å². The Kier molecular flexibility index (Phi) is 4.04. The number of carbonyl (C=O) groups is 2. The molecule has 1 aromatic carbocycles. The summed E-state index contributed by atoms with van der Waals surface area (Å²) in [5.41, 5.74) is 0.521. The third-order valence-corrected chi connectivity index (χ3v) is 3.78. The van der Waals surface area contributed by atoms with E-state index in [2.05, 4.69) is 5.32 Å².